The number of fused-ring (bicyclic) bond motifs is 1. The molecule has 0 aromatic heterocycles. The highest BCUT2D eigenvalue weighted by molar-refractivity contribution is 6.10. The maximum absolute atomic E-state index is 13.6. The number of hydrazone groups is 1. The summed E-state index contributed by atoms with van der Waals surface area (Å²) in [6.45, 7) is 1.37. The Morgan fingerprint density at radius 1 is 0.865 bits per heavy atom. The van der Waals surface area contributed by atoms with Gasteiger partial charge in [-0.3, -0.25) is 9.59 Å². The van der Waals surface area contributed by atoms with Gasteiger partial charge in [-0.2, -0.15) is 5.10 Å². The van der Waals surface area contributed by atoms with Crippen LogP contribution in [0.15, 0.2) is 90.0 Å². The number of benzene rings is 4. The minimum atomic E-state index is -0.426. The first-order valence-corrected chi connectivity index (χ1v) is 11.9. The zero-order chi connectivity index (χ0) is 25.9. The molecular weight excluding hydrogens is 468 g/mol. The SMILES string of the molecule is COc1ccc([C@H]2CC(c3ccc4ccccc4c3OC(C)=O)=NN2C(=O)c2ccccc2)cc1OC. The molecule has 0 radical (unpaired) electrons. The lowest BCUT2D eigenvalue weighted by molar-refractivity contribution is -0.131. The van der Waals surface area contributed by atoms with Crippen LogP contribution in [-0.2, 0) is 4.79 Å². The fourth-order valence-corrected chi connectivity index (χ4v) is 4.62. The highest BCUT2D eigenvalue weighted by Crippen LogP contribution is 2.40. The quantitative estimate of drug-likeness (QED) is 0.251. The van der Waals surface area contributed by atoms with Crippen molar-refractivity contribution in [3.05, 3.63) is 102 Å². The second kappa shape index (κ2) is 10.1. The molecule has 5 rings (SSSR count). The van der Waals surface area contributed by atoms with Gasteiger partial charge >= 0.3 is 5.97 Å². The van der Waals surface area contributed by atoms with E-state index in [1.165, 1.54) is 11.9 Å². The molecule has 186 valence electrons. The Labute approximate surface area is 214 Å². The molecule has 0 fully saturated rings. The molecule has 0 unspecified atom stereocenters. The predicted octanol–water partition coefficient (Wildman–Crippen LogP) is 5.77. The van der Waals surface area contributed by atoms with E-state index >= 15 is 0 Å². The van der Waals surface area contributed by atoms with E-state index in [9.17, 15) is 9.59 Å². The molecule has 0 spiro atoms. The maximum Gasteiger partial charge on any atom is 0.308 e. The van der Waals surface area contributed by atoms with E-state index in [4.69, 9.17) is 19.3 Å². The van der Waals surface area contributed by atoms with Crippen molar-refractivity contribution in [3.8, 4) is 17.2 Å². The molecule has 0 N–H and O–H groups in total. The standard InChI is InChI=1S/C30H26N2O5/c1-19(33)37-29-23-12-8-7-9-20(23)13-15-24(29)25-18-26(22-14-16-27(35-2)28(17-22)36-3)32(31-25)30(34)21-10-5-4-6-11-21/h4-17,26H,18H2,1-3H3/t26-/m1/s1. The number of ether oxygens (including phenoxy) is 3. The van der Waals surface area contributed by atoms with Gasteiger partial charge in [-0.25, -0.2) is 5.01 Å². The number of carbonyl (C=O) groups excluding carboxylic acids is 2. The van der Waals surface area contributed by atoms with E-state index in [2.05, 4.69) is 0 Å². The Kier molecular flexibility index (Phi) is 6.60. The van der Waals surface area contributed by atoms with Crippen LogP contribution in [0.5, 0.6) is 17.2 Å². The van der Waals surface area contributed by atoms with Gasteiger partial charge in [0.05, 0.1) is 26.0 Å². The van der Waals surface area contributed by atoms with Gasteiger partial charge < -0.3 is 14.2 Å². The largest absolute Gasteiger partial charge is 0.493 e. The van der Waals surface area contributed by atoms with Crippen LogP contribution in [0.4, 0.5) is 0 Å². The first-order chi connectivity index (χ1) is 18.0. The van der Waals surface area contributed by atoms with Crippen LogP contribution in [0.1, 0.15) is 40.9 Å². The van der Waals surface area contributed by atoms with Gasteiger partial charge in [-0.1, -0.05) is 54.6 Å². The summed E-state index contributed by atoms with van der Waals surface area (Å²) in [6, 6.07) is 25.8. The van der Waals surface area contributed by atoms with Gasteiger partial charge in [0, 0.05) is 29.9 Å². The summed E-state index contributed by atoms with van der Waals surface area (Å²) >= 11 is 0. The lowest BCUT2D eigenvalue weighted by Crippen LogP contribution is -2.27. The van der Waals surface area contributed by atoms with Crippen LogP contribution in [0, 0.1) is 0 Å². The van der Waals surface area contributed by atoms with E-state index in [-0.39, 0.29) is 5.91 Å². The van der Waals surface area contributed by atoms with E-state index < -0.39 is 12.0 Å². The van der Waals surface area contributed by atoms with E-state index in [1.807, 2.05) is 72.8 Å². The van der Waals surface area contributed by atoms with Crippen molar-refractivity contribution < 1.29 is 23.8 Å². The van der Waals surface area contributed by atoms with Crippen LogP contribution < -0.4 is 14.2 Å². The zero-order valence-electron chi connectivity index (χ0n) is 20.8. The Morgan fingerprint density at radius 2 is 1.59 bits per heavy atom. The van der Waals surface area contributed by atoms with Crippen molar-refractivity contribution >= 4 is 28.4 Å². The molecule has 37 heavy (non-hydrogen) atoms. The number of hydrogen-bond acceptors (Lipinski definition) is 6. The van der Waals surface area contributed by atoms with Crippen LogP contribution in [0.2, 0.25) is 0 Å². The summed E-state index contributed by atoms with van der Waals surface area (Å²) in [5, 5.41) is 8.04. The average Bonchev–Trinajstić information content (AvgIpc) is 3.38. The summed E-state index contributed by atoms with van der Waals surface area (Å²) in [5.41, 5.74) is 2.68. The zero-order valence-corrected chi connectivity index (χ0v) is 20.8. The minimum absolute atomic E-state index is 0.231. The number of hydrogen-bond donors (Lipinski definition) is 0. The van der Waals surface area contributed by atoms with Crippen molar-refractivity contribution in [2.45, 2.75) is 19.4 Å². The molecule has 0 saturated heterocycles. The molecule has 7 nitrogen and oxygen atoms in total. The molecule has 1 heterocycles. The minimum Gasteiger partial charge on any atom is -0.493 e. The van der Waals surface area contributed by atoms with Crippen LogP contribution in [0.25, 0.3) is 10.8 Å². The Bertz CT molecular complexity index is 1510. The van der Waals surface area contributed by atoms with Gasteiger partial charge in [0.2, 0.25) is 0 Å². The van der Waals surface area contributed by atoms with Crippen LogP contribution >= 0.6 is 0 Å². The first-order valence-electron chi connectivity index (χ1n) is 11.9. The number of carbonyl (C=O) groups is 2. The highest BCUT2D eigenvalue weighted by atomic mass is 16.5. The normalized spacial score (nSPS) is 14.8. The van der Waals surface area contributed by atoms with Crippen molar-refractivity contribution in [2.24, 2.45) is 5.10 Å². The van der Waals surface area contributed by atoms with Crippen molar-refractivity contribution in [2.75, 3.05) is 14.2 Å². The fourth-order valence-electron chi connectivity index (χ4n) is 4.62. The molecule has 7 heteroatoms. The Balaban J connectivity index is 1.64. The van der Waals surface area contributed by atoms with Crippen molar-refractivity contribution in [1.82, 2.24) is 5.01 Å². The number of rotatable bonds is 6. The van der Waals surface area contributed by atoms with Crippen molar-refractivity contribution in [1.29, 1.82) is 0 Å². The Hall–Kier alpha value is -4.65. The summed E-state index contributed by atoms with van der Waals surface area (Å²) in [7, 11) is 3.15. The number of esters is 1. The van der Waals surface area contributed by atoms with E-state index in [1.54, 1.807) is 26.4 Å². The van der Waals surface area contributed by atoms with Gasteiger partial charge in [-0.05, 0) is 41.3 Å². The lowest BCUT2D eigenvalue weighted by Gasteiger charge is -2.23. The molecule has 4 aromatic rings. The second-order valence-corrected chi connectivity index (χ2v) is 8.65. The van der Waals surface area contributed by atoms with Gasteiger partial charge in [0.1, 0.15) is 5.75 Å². The molecular formula is C30H26N2O5. The second-order valence-electron chi connectivity index (χ2n) is 8.65. The fraction of sp³-hybridized carbons (Fsp3) is 0.167. The summed E-state index contributed by atoms with van der Waals surface area (Å²) in [5.74, 6) is 0.935. The first kappa shape index (κ1) is 24.1. The summed E-state index contributed by atoms with van der Waals surface area (Å²) in [6.07, 6.45) is 0.417. The number of amides is 1. The maximum atomic E-state index is 13.6. The Morgan fingerprint density at radius 3 is 2.32 bits per heavy atom. The summed E-state index contributed by atoms with van der Waals surface area (Å²) in [4.78, 5) is 25.7. The van der Waals surface area contributed by atoms with Gasteiger partial charge in [-0.15, -0.1) is 0 Å². The third kappa shape index (κ3) is 4.63. The van der Waals surface area contributed by atoms with Gasteiger partial charge in [0.15, 0.2) is 11.5 Å². The smallest absolute Gasteiger partial charge is 0.308 e. The van der Waals surface area contributed by atoms with Gasteiger partial charge in [0.25, 0.3) is 5.91 Å². The van der Waals surface area contributed by atoms with Crippen LogP contribution in [0.3, 0.4) is 0 Å². The predicted molar refractivity (Wildman–Crippen MR) is 141 cm³/mol. The number of methoxy groups -OCH3 is 2. The molecule has 1 aliphatic rings. The lowest BCUT2D eigenvalue weighted by atomic mass is 9.95. The molecule has 0 saturated carbocycles. The van der Waals surface area contributed by atoms with Crippen LogP contribution in [-0.4, -0.2) is 36.8 Å². The highest BCUT2D eigenvalue weighted by Gasteiger charge is 2.35. The third-order valence-corrected chi connectivity index (χ3v) is 6.37. The molecule has 0 bridgehead atoms. The molecule has 1 aliphatic heterocycles. The molecule has 0 aliphatic carbocycles. The molecule has 4 aromatic carbocycles. The average molecular weight is 495 g/mol. The topological polar surface area (TPSA) is 77.4 Å². The van der Waals surface area contributed by atoms with E-state index in [0.29, 0.717) is 40.5 Å². The summed E-state index contributed by atoms with van der Waals surface area (Å²) < 4.78 is 16.6. The molecule has 1 amide bonds. The van der Waals surface area contributed by atoms with Crippen molar-refractivity contribution in [3.63, 3.8) is 0 Å². The third-order valence-electron chi connectivity index (χ3n) is 6.37. The molecule has 1 atom stereocenters. The monoisotopic (exact) mass is 494 g/mol. The van der Waals surface area contributed by atoms with E-state index in [0.717, 1.165) is 16.3 Å². The number of nitrogens with zero attached hydrogens (tertiary/aromatic N) is 2.